The Bertz CT molecular complexity index is 532. The maximum atomic E-state index is 13.5. The molecule has 1 aromatic rings. The molecule has 1 aliphatic carbocycles. The molecule has 0 aromatic heterocycles. The molecule has 2 N–H and O–H groups in total. The number of thiocarbonyl (C=S) groups is 1. The van der Waals surface area contributed by atoms with Crippen LogP contribution < -0.4 is 5.73 Å². The molecule has 0 aliphatic heterocycles. The molecular formula is C14H16ClFN2OS. The molecule has 0 atom stereocenters. The number of rotatable bonds is 4. The van der Waals surface area contributed by atoms with Gasteiger partial charge in [-0.2, -0.15) is 0 Å². The highest BCUT2D eigenvalue weighted by molar-refractivity contribution is 7.80. The number of carbonyl (C=O) groups excluding carboxylic acids is 1. The Morgan fingerprint density at radius 2 is 2.10 bits per heavy atom. The molecule has 3 nitrogen and oxygen atoms in total. The molecule has 1 aromatic carbocycles. The monoisotopic (exact) mass is 314 g/mol. The third-order valence-corrected chi connectivity index (χ3v) is 3.95. The summed E-state index contributed by atoms with van der Waals surface area (Å²) < 4.78 is 13.5. The Hall–Kier alpha value is -1.20. The molecule has 0 radical (unpaired) electrons. The molecule has 6 heteroatoms. The third-order valence-electron chi connectivity index (χ3n) is 3.52. The normalized spacial score (nSPS) is 15.3. The molecule has 2 rings (SSSR count). The molecule has 0 saturated heterocycles. The zero-order chi connectivity index (χ0) is 14.7. The van der Waals surface area contributed by atoms with Gasteiger partial charge in [-0.05, 0) is 31.0 Å². The van der Waals surface area contributed by atoms with Gasteiger partial charge in [0.2, 0.25) is 0 Å². The largest absolute Gasteiger partial charge is 0.392 e. The molecule has 1 fully saturated rings. The van der Waals surface area contributed by atoms with Crippen molar-refractivity contribution in [2.75, 3.05) is 6.54 Å². The van der Waals surface area contributed by atoms with Crippen LogP contribution in [-0.4, -0.2) is 28.4 Å². The van der Waals surface area contributed by atoms with Crippen LogP contribution in [0.1, 0.15) is 36.0 Å². The quantitative estimate of drug-likeness (QED) is 0.868. The lowest BCUT2D eigenvalue weighted by Crippen LogP contribution is -2.43. The standard InChI is InChI=1S/C14H16ClFN2OS/c15-11-6-5-9(7-12(11)16)14(19)18(8-13(17)20)10-3-1-2-4-10/h5-7,10H,1-4,8H2,(H2,17,20). The van der Waals surface area contributed by atoms with Crippen LogP contribution in [0.25, 0.3) is 0 Å². The summed E-state index contributed by atoms with van der Waals surface area (Å²) in [5.41, 5.74) is 5.85. The molecular weight excluding hydrogens is 299 g/mol. The molecule has 20 heavy (non-hydrogen) atoms. The SMILES string of the molecule is NC(=S)CN(C(=O)c1ccc(Cl)c(F)c1)C1CCCC1. The number of carbonyl (C=O) groups is 1. The zero-order valence-corrected chi connectivity index (χ0v) is 12.5. The topological polar surface area (TPSA) is 46.3 Å². The summed E-state index contributed by atoms with van der Waals surface area (Å²) in [6.45, 7) is 0.225. The lowest BCUT2D eigenvalue weighted by atomic mass is 10.1. The van der Waals surface area contributed by atoms with Gasteiger partial charge in [-0.1, -0.05) is 36.7 Å². The number of halogens is 2. The van der Waals surface area contributed by atoms with Gasteiger partial charge in [0.05, 0.1) is 16.6 Å². The number of amides is 1. The predicted molar refractivity (Wildman–Crippen MR) is 81.5 cm³/mol. The number of hydrogen-bond donors (Lipinski definition) is 1. The van der Waals surface area contributed by atoms with Gasteiger partial charge in [0.15, 0.2) is 0 Å². The highest BCUT2D eigenvalue weighted by atomic mass is 35.5. The van der Waals surface area contributed by atoms with E-state index in [1.807, 2.05) is 0 Å². The fraction of sp³-hybridized carbons (Fsp3) is 0.429. The van der Waals surface area contributed by atoms with Crippen molar-refractivity contribution in [3.8, 4) is 0 Å². The average Bonchev–Trinajstić information content (AvgIpc) is 2.92. The van der Waals surface area contributed by atoms with Crippen LogP contribution in [0, 0.1) is 5.82 Å². The van der Waals surface area contributed by atoms with Crippen LogP contribution in [0.3, 0.4) is 0 Å². The van der Waals surface area contributed by atoms with E-state index in [2.05, 4.69) is 0 Å². The van der Waals surface area contributed by atoms with Gasteiger partial charge in [0.1, 0.15) is 5.82 Å². The second-order valence-corrected chi connectivity index (χ2v) is 5.90. The first-order chi connectivity index (χ1) is 9.49. The Morgan fingerprint density at radius 3 is 2.65 bits per heavy atom. The van der Waals surface area contributed by atoms with Crippen molar-refractivity contribution in [3.63, 3.8) is 0 Å². The van der Waals surface area contributed by atoms with Crippen molar-refractivity contribution in [1.82, 2.24) is 4.90 Å². The predicted octanol–water partition coefficient (Wildman–Crippen LogP) is 3.15. The van der Waals surface area contributed by atoms with Gasteiger partial charge in [0, 0.05) is 11.6 Å². The Kier molecular flexibility index (Phi) is 4.94. The van der Waals surface area contributed by atoms with E-state index in [0.29, 0.717) is 0 Å². The van der Waals surface area contributed by atoms with Gasteiger partial charge in [-0.25, -0.2) is 4.39 Å². The van der Waals surface area contributed by atoms with Gasteiger partial charge < -0.3 is 10.6 Å². The van der Waals surface area contributed by atoms with Gasteiger partial charge in [0.25, 0.3) is 5.91 Å². The average molecular weight is 315 g/mol. The van der Waals surface area contributed by atoms with Crippen molar-refractivity contribution in [1.29, 1.82) is 0 Å². The molecule has 0 bridgehead atoms. The van der Waals surface area contributed by atoms with Crippen LogP contribution in [0.15, 0.2) is 18.2 Å². The van der Waals surface area contributed by atoms with Gasteiger partial charge in [-0.3, -0.25) is 4.79 Å². The lowest BCUT2D eigenvalue weighted by molar-refractivity contribution is 0.0714. The summed E-state index contributed by atoms with van der Waals surface area (Å²) >= 11 is 10.5. The van der Waals surface area contributed by atoms with E-state index < -0.39 is 5.82 Å². The molecule has 108 valence electrons. The zero-order valence-electron chi connectivity index (χ0n) is 10.9. The van der Waals surface area contributed by atoms with Crippen LogP contribution in [0.5, 0.6) is 0 Å². The lowest BCUT2D eigenvalue weighted by Gasteiger charge is -2.28. The van der Waals surface area contributed by atoms with E-state index in [-0.39, 0.29) is 34.1 Å². The fourth-order valence-electron chi connectivity index (χ4n) is 2.55. The van der Waals surface area contributed by atoms with Crippen molar-refractivity contribution < 1.29 is 9.18 Å². The van der Waals surface area contributed by atoms with E-state index in [1.54, 1.807) is 4.90 Å². The van der Waals surface area contributed by atoms with Crippen molar-refractivity contribution in [2.24, 2.45) is 5.73 Å². The van der Waals surface area contributed by atoms with Crippen molar-refractivity contribution in [3.05, 3.63) is 34.6 Å². The molecule has 0 unspecified atom stereocenters. The minimum Gasteiger partial charge on any atom is -0.392 e. The first-order valence-corrected chi connectivity index (χ1v) is 7.32. The Labute approximate surface area is 127 Å². The Morgan fingerprint density at radius 1 is 1.45 bits per heavy atom. The van der Waals surface area contributed by atoms with Crippen LogP contribution in [0.2, 0.25) is 5.02 Å². The van der Waals surface area contributed by atoms with Crippen LogP contribution in [-0.2, 0) is 0 Å². The van der Waals surface area contributed by atoms with E-state index >= 15 is 0 Å². The smallest absolute Gasteiger partial charge is 0.254 e. The maximum absolute atomic E-state index is 13.5. The summed E-state index contributed by atoms with van der Waals surface area (Å²) in [6, 6.07) is 4.20. The molecule has 1 amide bonds. The number of hydrogen-bond acceptors (Lipinski definition) is 2. The van der Waals surface area contributed by atoms with Crippen molar-refractivity contribution >= 4 is 34.7 Å². The summed E-state index contributed by atoms with van der Waals surface area (Å²) in [4.78, 5) is 14.4. The number of benzene rings is 1. The summed E-state index contributed by atoms with van der Waals surface area (Å²) in [7, 11) is 0. The molecule has 1 saturated carbocycles. The van der Waals surface area contributed by atoms with Crippen LogP contribution >= 0.6 is 23.8 Å². The summed E-state index contributed by atoms with van der Waals surface area (Å²) in [5.74, 6) is -0.848. The van der Waals surface area contributed by atoms with Gasteiger partial charge >= 0.3 is 0 Å². The van der Waals surface area contributed by atoms with E-state index in [4.69, 9.17) is 29.6 Å². The second kappa shape index (κ2) is 6.50. The van der Waals surface area contributed by atoms with Gasteiger partial charge in [-0.15, -0.1) is 0 Å². The first kappa shape index (κ1) is 15.2. The third kappa shape index (κ3) is 3.46. The fourth-order valence-corrected chi connectivity index (χ4v) is 2.80. The molecule has 0 spiro atoms. The summed E-state index contributed by atoms with van der Waals surface area (Å²) in [5, 5.41) is 0.00307. The maximum Gasteiger partial charge on any atom is 0.254 e. The first-order valence-electron chi connectivity index (χ1n) is 6.53. The van der Waals surface area contributed by atoms with Crippen molar-refractivity contribution in [2.45, 2.75) is 31.7 Å². The number of nitrogens with two attached hydrogens (primary N) is 1. The Balaban J connectivity index is 2.24. The highest BCUT2D eigenvalue weighted by Gasteiger charge is 2.28. The van der Waals surface area contributed by atoms with Crippen LogP contribution in [0.4, 0.5) is 4.39 Å². The van der Waals surface area contributed by atoms with E-state index in [1.165, 1.54) is 12.1 Å². The minimum absolute atomic E-state index is 0.00307. The number of nitrogens with zero attached hydrogens (tertiary/aromatic N) is 1. The summed E-state index contributed by atoms with van der Waals surface area (Å²) in [6.07, 6.45) is 4.04. The highest BCUT2D eigenvalue weighted by Crippen LogP contribution is 2.25. The van der Waals surface area contributed by atoms with E-state index in [9.17, 15) is 9.18 Å². The minimum atomic E-state index is -0.598. The van der Waals surface area contributed by atoms with E-state index in [0.717, 1.165) is 31.7 Å². The molecule has 0 heterocycles. The second-order valence-electron chi connectivity index (χ2n) is 4.97. The molecule has 1 aliphatic rings.